The number of amides is 1. The normalized spacial score (nSPS) is 30.0. The molecule has 2 heterocycles. The summed E-state index contributed by atoms with van der Waals surface area (Å²) in [4.78, 5) is 28.9. The monoisotopic (exact) mass is 624 g/mol. The van der Waals surface area contributed by atoms with Gasteiger partial charge in [0.05, 0.1) is 12.4 Å². The summed E-state index contributed by atoms with van der Waals surface area (Å²) in [5, 5.41) is 7.52. The highest BCUT2D eigenvalue weighted by atomic mass is 19.3. The van der Waals surface area contributed by atoms with E-state index in [0.717, 1.165) is 50.0 Å². The summed E-state index contributed by atoms with van der Waals surface area (Å²) in [5.41, 5.74) is -0.232. The van der Waals surface area contributed by atoms with E-state index in [4.69, 9.17) is 9.51 Å². The van der Waals surface area contributed by atoms with Gasteiger partial charge in [0.2, 0.25) is 17.7 Å². The average molecular weight is 625 g/mol. The summed E-state index contributed by atoms with van der Waals surface area (Å²) < 4.78 is 49.4. The predicted octanol–water partition coefficient (Wildman–Crippen LogP) is 7.41. The van der Waals surface area contributed by atoms with E-state index in [1.54, 1.807) is 0 Å². The molecule has 1 N–H and O–H groups in total. The molecule has 4 bridgehead atoms. The molecule has 0 atom stereocenters. The highest BCUT2D eigenvalue weighted by molar-refractivity contribution is 5.94. The van der Waals surface area contributed by atoms with Gasteiger partial charge in [0.1, 0.15) is 5.67 Å². The van der Waals surface area contributed by atoms with Crippen LogP contribution in [0.4, 0.5) is 30.5 Å². The van der Waals surface area contributed by atoms with E-state index in [2.05, 4.69) is 45.9 Å². The topological polar surface area (TPSA) is 106 Å². The third kappa shape index (κ3) is 5.65. The van der Waals surface area contributed by atoms with Gasteiger partial charge in [0.15, 0.2) is 11.6 Å². The van der Waals surface area contributed by atoms with Crippen molar-refractivity contribution >= 4 is 23.2 Å². The molecule has 6 saturated carbocycles. The zero-order valence-electron chi connectivity index (χ0n) is 25.9. The SMILES string of the molecule is CC(C)(C)c1nc(C23CCC(CN(C(=O)CC45CC(F)(C4)C5)c4cccc(Nc5ncc(OC(F)F)cn5)c4)(CC2)CC3)no1. The van der Waals surface area contributed by atoms with E-state index in [9.17, 15) is 18.0 Å². The molecule has 12 heteroatoms. The number of nitrogens with zero attached hydrogens (tertiary/aromatic N) is 5. The van der Waals surface area contributed by atoms with Crippen molar-refractivity contribution in [3.63, 3.8) is 0 Å². The molecule has 9 nitrogen and oxygen atoms in total. The quantitative estimate of drug-likeness (QED) is 0.249. The van der Waals surface area contributed by atoms with Crippen LogP contribution in [0.25, 0.3) is 0 Å². The Bertz CT molecular complexity index is 1540. The van der Waals surface area contributed by atoms with Gasteiger partial charge in [-0.15, -0.1) is 0 Å². The Hall–Kier alpha value is -3.70. The predicted molar refractivity (Wildman–Crippen MR) is 160 cm³/mol. The molecule has 0 spiro atoms. The van der Waals surface area contributed by atoms with Crippen LogP contribution in [0.1, 0.15) is 96.7 Å². The van der Waals surface area contributed by atoms with Gasteiger partial charge in [-0.3, -0.25) is 4.79 Å². The number of alkyl halides is 3. The Morgan fingerprint density at radius 3 is 2.29 bits per heavy atom. The Labute approximate surface area is 260 Å². The smallest absolute Gasteiger partial charge is 0.387 e. The van der Waals surface area contributed by atoms with Crippen molar-refractivity contribution in [2.75, 3.05) is 16.8 Å². The minimum atomic E-state index is -2.96. The van der Waals surface area contributed by atoms with Crippen molar-refractivity contribution in [2.24, 2.45) is 10.8 Å². The summed E-state index contributed by atoms with van der Waals surface area (Å²) in [7, 11) is 0. The van der Waals surface area contributed by atoms with Crippen molar-refractivity contribution in [1.82, 2.24) is 20.1 Å². The van der Waals surface area contributed by atoms with Crippen molar-refractivity contribution in [2.45, 2.75) is 108 Å². The minimum absolute atomic E-state index is 0.0171. The van der Waals surface area contributed by atoms with Crippen LogP contribution >= 0.6 is 0 Å². The van der Waals surface area contributed by atoms with Gasteiger partial charge in [-0.1, -0.05) is 32.0 Å². The highest BCUT2D eigenvalue weighted by Crippen LogP contribution is 2.71. The average Bonchev–Trinajstić information content (AvgIpc) is 3.49. The fraction of sp³-hybridized carbons (Fsp3) is 0.606. The second kappa shape index (κ2) is 10.4. The number of rotatable bonds is 10. The maximum Gasteiger partial charge on any atom is 0.387 e. The van der Waals surface area contributed by atoms with Crippen LogP contribution < -0.4 is 15.0 Å². The Kier molecular flexibility index (Phi) is 6.94. The van der Waals surface area contributed by atoms with Crippen molar-refractivity contribution in [3.05, 3.63) is 48.4 Å². The number of anilines is 3. The lowest BCUT2D eigenvalue weighted by atomic mass is 9.41. The van der Waals surface area contributed by atoms with Crippen LogP contribution in [0.5, 0.6) is 5.75 Å². The van der Waals surface area contributed by atoms with Crippen molar-refractivity contribution in [1.29, 1.82) is 0 Å². The van der Waals surface area contributed by atoms with Crippen LogP contribution in [0.2, 0.25) is 0 Å². The van der Waals surface area contributed by atoms with Crippen LogP contribution in [-0.4, -0.2) is 44.8 Å². The van der Waals surface area contributed by atoms with E-state index in [0.29, 0.717) is 43.8 Å². The summed E-state index contributed by atoms with van der Waals surface area (Å²) in [5.74, 6) is 1.56. The first kappa shape index (κ1) is 30.0. The second-order valence-corrected chi connectivity index (χ2v) is 15.1. The second-order valence-electron chi connectivity index (χ2n) is 15.1. The van der Waals surface area contributed by atoms with Crippen molar-refractivity contribution < 1.29 is 27.2 Å². The lowest BCUT2D eigenvalue weighted by Crippen LogP contribution is -2.65. The summed E-state index contributed by atoms with van der Waals surface area (Å²) >= 11 is 0. The molecule has 1 amide bonds. The van der Waals surface area contributed by atoms with E-state index < -0.39 is 12.3 Å². The fourth-order valence-corrected chi connectivity index (χ4v) is 8.13. The van der Waals surface area contributed by atoms with Gasteiger partial charge >= 0.3 is 6.61 Å². The Morgan fingerprint density at radius 2 is 1.71 bits per heavy atom. The number of carbonyl (C=O) groups excluding carboxylic acids is 1. The molecule has 1 aromatic carbocycles. The first-order valence-electron chi connectivity index (χ1n) is 15.8. The van der Waals surface area contributed by atoms with Crippen LogP contribution in [0.3, 0.4) is 0 Å². The first-order valence-corrected chi connectivity index (χ1v) is 15.8. The third-order valence-corrected chi connectivity index (χ3v) is 10.6. The summed E-state index contributed by atoms with van der Waals surface area (Å²) in [6.07, 6.45) is 9.78. The van der Waals surface area contributed by atoms with Gasteiger partial charge in [0.25, 0.3) is 0 Å². The number of fused-ring (bicyclic) bond motifs is 3. The standard InChI is InChI=1S/C33H39F3N6O3/c1-29(2,3)26-40-25(41-45-26)32-10-7-30(8-11-32,9-12-32)20-42(24(43)14-31-17-33(36,18-31)19-31)22-6-4-5-21(13-22)39-28-37-15-23(16-38-28)44-27(34)35/h4-6,13,15-16,27H,7-12,14,17-20H2,1-3H3,(H,37,38,39). The third-order valence-electron chi connectivity index (χ3n) is 10.6. The highest BCUT2D eigenvalue weighted by Gasteiger charge is 2.69. The summed E-state index contributed by atoms with van der Waals surface area (Å²) in [6, 6.07) is 7.49. The van der Waals surface area contributed by atoms with Gasteiger partial charge in [-0.05, 0) is 86.8 Å². The van der Waals surface area contributed by atoms with Gasteiger partial charge < -0.3 is 19.5 Å². The van der Waals surface area contributed by atoms with E-state index in [-0.39, 0.29) is 39.3 Å². The number of nitrogens with one attached hydrogen (secondary N) is 1. The number of ether oxygens (including phenoxy) is 1. The molecule has 6 aliphatic rings. The van der Waals surface area contributed by atoms with Crippen LogP contribution in [0.15, 0.2) is 41.2 Å². The molecule has 0 unspecified atom stereocenters. The molecule has 0 aliphatic heterocycles. The first-order chi connectivity index (χ1) is 21.3. The van der Waals surface area contributed by atoms with Crippen molar-refractivity contribution in [3.8, 4) is 5.75 Å². The zero-order valence-corrected chi connectivity index (χ0v) is 25.9. The maximum atomic E-state index is 14.4. The lowest BCUT2D eigenvalue weighted by Gasteiger charge is -2.66. The Balaban J connectivity index is 1.10. The van der Waals surface area contributed by atoms with Crippen LogP contribution in [-0.2, 0) is 15.6 Å². The molecular weight excluding hydrogens is 585 g/mol. The number of carbonyl (C=O) groups is 1. The molecule has 6 aliphatic carbocycles. The lowest BCUT2D eigenvalue weighted by molar-refractivity contribution is -0.215. The molecule has 45 heavy (non-hydrogen) atoms. The number of halogens is 3. The van der Waals surface area contributed by atoms with Crippen LogP contribution in [0, 0.1) is 10.8 Å². The largest absolute Gasteiger partial charge is 0.432 e. The van der Waals surface area contributed by atoms with Gasteiger partial charge in [-0.25, -0.2) is 14.4 Å². The number of hydrogen-bond donors (Lipinski definition) is 1. The molecule has 240 valence electrons. The molecule has 2 aromatic heterocycles. The number of aromatic nitrogens is 4. The zero-order chi connectivity index (χ0) is 31.7. The maximum absolute atomic E-state index is 14.4. The minimum Gasteiger partial charge on any atom is -0.432 e. The number of benzene rings is 1. The molecule has 9 rings (SSSR count). The molecule has 0 radical (unpaired) electrons. The van der Waals surface area contributed by atoms with Gasteiger partial charge in [0, 0.05) is 35.2 Å². The molecule has 0 saturated heterocycles. The molecular formula is C33H39F3N6O3. The fourth-order valence-electron chi connectivity index (χ4n) is 8.13. The summed E-state index contributed by atoms with van der Waals surface area (Å²) in [6.45, 7) is 3.83. The van der Waals surface area contributed by atoms with E-state index in [1.807, 2.05) is 29.2 Å². The molecule has 6 fully saturated rings. The van der Waals surface area contributed by atoms with E-state index in [1.165, 1.54) is 12.4 Å². The van der Waals surface area contributed by atoms with Gasteiger partial charge in [-0.2, -0.15) is 13.8 Å². The Morgan fingerprint density at radius 1 is 1.04 bits per heavy atom. The number of hydrogen-bond acceptors (Lipinski definition) is 8. The van der Waals surface area contributed by atoms with E-state index >= 15 is 0 Å². The molecule has 3 aromatic rings.